The number of benzene rings is 1. The van der Waals surface area contributed by atoms with Crippen LogP contribution in [0.25, 0.3) is 0 Å². The molecule has 1 heterocycles. The Labute approximate surface area is 202 Å². The molecule has 3 N–H and O–H groups in total. The first kappa shape index (κ1) is 25.6. The number of carbonyl (C=O) groups excluding carboxylic acids is 1. The van der Waals surface area contributed by atoms with Gasteiger partial charge in [-0.3, -0.25) is 4.90 Å². The first-order valence-electron chi connectivity index (χ1n) is 11.9. The zero-order valence-corrected chi connectivity index (χ0v) is 21.0. The molecule has 34 heavy (non-hydrogen) atoms. The maximum Gasteiger partial charge on any atom is 0.416 e. The highest BCUT2D eigenvalue weighted by atomic mass is 16.6. The molecule has 8 heteroatoms. The van der Waals surface area contributed by atoms with Crippen LogP contribution in [0.5, 0.6) is 11.5 Å². The van der Waals surface area contributed by atoms with E-state index < -0.39 is 11.7 Å². The van der Waals surface area contributed by atoms with Gasteiger partial charge in [-0.25, -0.2) is 9.78 Å². The van der Waals surface area contributed by atoms with E-state index in [-0.39, 0.29) is 6.54 Å². The quantitative estimate of drug-likeness (QED) is 0.557. The molecular weight excluding hydrogens is 432 g/mol. The van der Waals surface area contributed by atoms with E-state index in [1.165, 1.54) is 37.0 Å². The molecule has 1 aliphatic carbocycles. The van der Waals surface area contributed by atoms with Gasteiger partial charge in [0.2, 0.25) is 0 Å². The highest BCUT2D eigenvalue weighted by Gasteiger charge is 2.26. The fourth-order valence-electron chi connectivity index (χ4n) is 4.05. The van der Waals surface area contributed by atoms with Gasteiger partial charge in [0.1, 0.15) is 22.9 Å². The fourth-order valence-corrected chi connectivity index (χ4v) is 4.05. The van der Waals surface area contributed by atoms with E-state index >= 15 is 0 Å². The van der Waals surface area contributed by atoms with Crippen molar-refractivity contribution in [3.63, 3.8) is 0 Å². The molecule has 1 fully saturated rings. The number of nitrogen functional groups attached to an aromatic ring is 1. The highest BCUT2D eigenvalue weighted by molar-refractivity contribution is 5.87. The van der Waals surface area contributed by atoms with Crippen molar-refractivity contribution in [1.82, 2.24) is 10.3 Å². The van der Waals surface area contributed by atoms with Gasteiger partial charge in [-0.2, -0.15) is 0 Å². The smallest absolute Gasteiger partial charge is 0.416 e. The van der Waals surface area contributed by atoms with E-state index in [0.717, 1.165) is 11.3 Å². The van der Waals surface area contributed by atoms with Crippen molar-refractivity contribution in [3.05, 3.63) is 41.6 Å². The predicted octanol–water partition coefficient (Wildman–Crippen LogP) is 5.05. The molecule has 2 aromatic rings. The second kappa shape index (κ2) is 11.4. The lowest BCUT2D eigenvalue weighted by Gasteiger charge is -2.28. The number of nitrogens with one attached hydrogen (secondary N) is 1. The average Bonchev–Trinajstić information content (AvgIpc) is 2.81. The minimum Gasteiger partial charge on any atom is -0.497 e. The van der Waals surface area contributed by atoms with Crippen molar-refractivity contribution in [2.75, 3.05) is 24.9 Å². The molecule has 8 nitrogen and oxygen atoms in total. The molecule has 0 spiro atoms. The third kappa shape index (κ3) is 7.00. The number of carbonyl (C=O) groups is 1. The molecule has 0 atom stereocenters. The normalized spacial score (nSPS) is 14.5. The Bertz CT molecular complexity index is 968. The lowest BCUT2D eigenvalue weighted by atomic mass is 9.95. The Hall–Kier alpha value is -3.00. The summed E-state index contributed by atoms with van der Waals surface area (Å²) in [5.74, 6) is 1.76. The molecule has 1 saturated carbocycles. The minimum atomic E-state index is -0.654. The van der Waals surface area contributed by atoms with Crippen LogP contribution in [-0.4, -0.2) is 36.9 Å². The molecule has 1 amide bonds. The summed E-state index contributed by atoms with van der Waals surface area (Å²) in [5.41, 5.74) is 7.70. The average molecular weight is 471 g/mol. The zero-order chi connectivity index (χ0) is 24.7. The summed E-state index contributed by atoms with van der Waals surface area (Å²) in [5, 5.41) is 3.58. The van der Waals surface area contributed by atoms with Gasteiger partial charge in [-0.05, 0) is 57.9 Å². The first-order valence-corrected chi connectivity index (χ1v) is 11.9. The third-order valence-electron chi connectivity index (χ3n) is 5.87. The molecule has 1 aliphatic rings. The second-order valence-corrected chi connectivity index (χ2v) is 9.67. The van der Waals surface area contributed by atoms with Gasteiger partial charge in [0.15, 0.2) is 0 Å². The number of pyridine rings is 1. The van der Waals surface area contributed by atoms with E-state index in [4.69, 9.17) is 24.9 Å². The number of rotatable bonds is 8. The lowest BCUT2D eigenvalue weighted by Crippen LogP contribution is -2.37. The second-order valence-electron chi connectivity index (χ2n) is 9.67. The Kier molecular flexibility index (Phi) is 8.61. The number of methoxy groups -OCH3 is 2. The molecule has 0 saturated heterocycles. The summed E-state index contributed by atoms with van der Waals surface area (Å²) in [6.07, 6.45) is 5.64. The summed E-state index contributed by atoms with van der Waals surface area (Å²) < 4.78 is 16.6. The van der Waals surface area contributed by atoms with Gasteiger partial charge in [0.25, 0.3) is 0 Å². The Morgan fingerprint density at radius 2 is 1.85 bits per heavy atom. The van der Waals surface area contributed by atoms with E-state index in [2.05, 4.69) is 5.32 Å². The Morgan fingerprint density at radius 3 is 2.50 bits per heavy atom. The predicted molar refractivity (Wildman–Crippen MR) is 134 cm³/mol. The van der Waals surface area contributed by atoms with Crippen LogP contribution in [0.1, 0.15) is 64.1 Å². The number of amides is 1. The van der Waals surface area contributed by atoms with Gasteiger partial charge < -0.3 is 25.3 Å². The van der Waals surface area contributed by atoms with E-state index in [9.17, 15) is 4.79 Å². The fraction of sp³-hybridized carbons (Fsp3) is 0.538. The van der Waals surface area contributed by atoms with Gasteiger partial charge in [-0.1, -0.05) is 19.3 Å². The van der Waals surface area contributed by atoms with Crippen molar-refractivity contribution in [1.29, 1.82) is 0 Å². The molecule has 0 bridgehead atoms. The largest absolute Gasteiger partial charge is 0.497 e. The topological polar surface area (TPSA) is 98.9 Å². The van der Waals surface area contributed by atoms with E-state index in [1.807, 2.05) is 32.9 Å². The van der Waals surface area contributed by atoms with Crippen LogP contribution in [-0.2, 0) is 17.8 Å². The monoisotopic (exact) mass is 470 g/mol. The van der Waals surface area contributed by atoms with Gasteiger partial charge >= 0.3 is 6.09 Å². The van der Waals surface area contributed by atoms with Crippen LogP contribution in [0.15, 0.2) is 30.3 Å². The van der Waals surface area contributed by atoms with Crippen LogP contribution in [0.3, 0.4) is 0 Å². The number of hydrogen-bond acceptors (Lipinski definition) is 7. The summed E-state index contributed by atoms with van der Waals surface area (Å²) in [7, 11) is 3.19. The van der Waals surface area contributed by atoms with Crippen LogP contribution in [0.2, 0.25) is 0 Å². The van der Waals surface area contributed by atoms with Gasteiger partial charge in [0, 0.05) is 24.2 Å². The molecule has 3 rings (SSSR count). The van der Waals surface area contributed by atoms with Crippen molar-refractivity contribution in [3.8, 4) is 11.5 Å². The summed E-state index contributed by atoms with van der Waals surface area (Å²) in [6, 6.07) is 9.52. The summed E-state index contributed by atoms with van der Waals surface area (Å²) in [4.78, 5) is 19.5. The van der Waals surface area contributed by atoms with E-state index in [1.54, 1.807) is 32.4 Å². The van der Waals surface area contributed by atoms with Crippen LogP contribution < -0.4 is 25.4 Å². The molecule has 0 unspecified atom stereocenters. The van der Waals surface area contributed by atoms with Gasteiger partial charge in [-0.15, -0.1) is 0 Å². The van der Waals surface area contributed by atoms with Crippen LogP contribution in [0, 0.1) is 0 Å². The van der Waals surface area contributed by atoms with Crippen LogP contribution in [0.4, 0.5) is 16.3 Å². The maximum atomic E-state index is 13.2. The molecule has 0 aliphatic heterocycles. The van der Waals surface area contributed by atoms with Crippen molar-refractivity contribution >= 4 is 17.6 Å². The number of nitrogens with zero attached hydrogens (tertiary/aromatic N) is 2. The van der Waals surface area contributed by atoms with Crippen LogP contribution >= 0.6 is 0 Å². The molecule has 0 radical (unpaired) electrons. The number of aromatic nitrogens is 1. The Morgan fingerprint density at radius 1 is 1.12 bits per heavy atom. The molecule has 186 valence electrons. The van der Waals surface area contributed by atoms with Gasteiger partial charge in [0.05, 0.1) is 32.1 Å². The number of anilines is 2. The zero-order valence-electron chi connectivity index (χ0n) is 21.0. The molecule has 1 aromatic heterocycles. The lowest BCUT2D eigenvalue weighted by molar-refractivity contribution is 0.0576. The van der Waals surface area contributed by atoms with Crippen molar-refractivity contribution in [2.24, 2.45) is 0 Å². The van der Waals surface area contributed by atoms with Crippen molar-refractivity contribution in [2.45, 2.75) is 77.6 Å². The number of nitrogens with two attached hydrogens (primary N) is 1. The SMILES string of the molecule is COc1ccc(CN(C(=O)OC(C)(C)C)c2ccc(N)c(CNC3CCCCC3)n2)c(OC)c1. The number of ether oxygens (including phenoxy) is 3. The van der Waals surface area contributed by atoms with E-state index in [0.29, 0.717) is 35.6 Å². The molecular formula is C26H38N4O4. The Balaban J connectivity index is 1.89. The minimum absolute atomic E-state index is 0.217. The highest BCUT2D eigenvalue weighted by Crippen LogP contribution is 2.29. The standard InChI is InChI=1S/C26H38N4O4/c1-26(2,3)34-25(31)30(17-18-11-12-20(32-4)15-23(18)33-5)24-14-13-21(27)22(29-24)16-28-19-9-7-6-8-10-19/h11-15,19,28H,6-10,16-17,27H2,1-5H3. The molecule has 1 aromatic carbocycles. The first-order chi connectivity index (χ1) is 16.2. The third-order valence-corrected chi connectivity index (χ3v) is 5.87. The summed E-state index contributed by atoms with van der Waals surface area (Å²) in [6.45, 7) is 6.29. The number of hydrogen-bond donors (Lipinski definition) is 2. The van der Waals surface area contributed by atoms with Crippen molar-refractivity contribution < 1.29 is 19.0 Å². The maximum absolute atomic E-state index is 13.2. The summed E-state index contributed by atoms with van der Waals surface area (Å²) >= 11 is 0.